The molecule has 2 fully saturated rings. The quantitative estimate of drug-likeness (QED) is 0.584. The van der Waals surface area contributed by atoms with E-state index in [2.05, 4.69) is 42.2 Å². The van der Waals surface area contributed by atoms with Crippen LogP contribution in [0.25, 0.3) is 0 Å². The van der Waals surface area contributed by atoms with Crippen molar-refractivity contribution in [2.75, 3.05) is 11.9 Å². The number of aromatic nitrogens is 5. The molecule has 8 heteroatoms. The number of rotatable bonds is 6. The third-order valence-electron chi connectivity index (χ3n) is 6.70. The van der Waals surface area contributed by atoms with E-state index in [4.69, 9.17) is 10.2 Å². The maximum absolute atomic E-state index is 8.96. The number of hydrogen-bond donors (Lipinski definition) is 1. The van der Waals surface area contributed by atoms with Crippen molar-refractivity contribution >= 4 is 11.5 Å². The summed E-state index contributed by atoms with van der Waals surface area (Å²) in [5, 5.41) is 17.0. The van der Waals surface area contributed by atoms with Gasteiger partial charge in [0, 0.05) is 24.4 Å². The van der Waals surface area contributed by atoms with Crippen LogP contribution in [0.15, 0.2) is 36.8 Å². The maximum atomic E-state index is 8.96. The summed E-state index contributed by atoms with van der Waals surface area (Å²) >= 11 is 0. The Balaban J connectivity index is 1.33. The molecule has 0 aromatic carbocycles. The van der Waals surface area contributed by atoms with E-state index in [0.717, 1.165) is 42.5 Å². The first-order valence-electron chi connectivity index (χ1n) is 11.9. The fourth-order valence-electron chi connectivity index (χ4n) is 5.08. The number of likely N-dealkylation sites (tertiary alicyclic amines) is 1. The molecule has 0 amide bonds. The van der Waals surface area contributed by atoms with E-state index in [1.54, 1.807) is 12.3 Å². The normalized spacial score (nSPS) is 19.5. The van der Waals surface area contributed by atoms with Gasteiger partial charge < -0.3 is 5.32 Å². The maximum Gasteiger partial charge on any atom is 0.140 e. The van der Waals surface area contributed by atoms with E-state index in [9.17, 15) is 0 Å². The first-order valence-corrected chi connectivity index (χ1v) is 11.9. The van der Waals surface area contributed by atoms with Crippen molar-refractivity contribution in [2.45, 2.75) is 70.5 Å². The molecule has 8 nitrogen and oxygen atoms in total. The predicted molar refractivity (Wildman–Crippen MR) is 126 cm³/mol. The first-order chi connectivity index (χ1) is 16.2. The average molecular weight is 443 g/mol. The van der Waals surface area contributed by atoms with Crippen LogP contribution in [0.5, 0.6) is 0 Å². The SMILES string of the molecule is Cc1nc(Nc2ccc(C#N)nc2)cc([C@H]2CCCCN2Cc2cnn(C3CCCC3)c2)n1. The summed E-state index contributed by atoms with van der Waals surface area (Å²) in [6, 6.07) is 8.48. The van der Waals surface area contributed by atoms with Crippen LogP contribution in [0.3, 0.4) is 0 Å². The molecular weight excluding hydrogens is 412 g/mol. The van der Waals surface area contributed by atoms with E-state index >= 15 is 0 Å². The van der Waals surface area contributed by atoms with Gasteiger partial charge in [-0.1, -0.05) is 19.3 Å². The number of nitriles is 1. The minimum absolute atomic E-state index is 0.259. The summed E-state index contributed by atoms with van der Waals surface area (Å²) in [6.45, 7) is 3.89. The van der Waals surface area contributed by atoms with Crippen molar-refractivity contribution in [3.63, 3.8) is 0 Å². The standard InChI is InChI=1S/C25H30N8/c1-18-29-23(12-25(30-18)31-21-10-9-20(13-26)27-15-21)24-8-4-5-11-32(24)16-19-14-28-33(17-19)22-6-2-3-7-22/h9-10,12,14-15,17,22,24H,2-8,11,16H2,1H3,(H,29,30,31)/t24-/m1/s1. The van der Waals surface area contributed by atoms with Crippen molar-refractivity contribution in [2.24, 2.45) is 0 Å². The molecule has 33 heavy (non-hydrogen) atoms. The summed E-state index contributed by atoms with van der Waals surface area (Å²) in [4.78, 5) is 16.1. The summed E-state index contributed by atoms with van der Waals surface area (Å²) < 4.78 is 2.18. The van der Waals surface area contributed by atoms with Gasteiger partial charge >= 0.3 is 0 Å². The molecule has 1 saturated heterocycles. The van der Waals surface area contributed by atoms with Gasteiger partial charge in [-0.05, 0) is 51.3 Å². The molecule has 1 N–H and O–H groups in total. The number of nitrogens with one attached hydrogen (secondary N) is 1. The minimum atomic E-state index is 0.259. The first kappa shape index (κ1) is 21.5. The summed E-state index contributed by atoms with van der Waals surface area (Å²) in [5.41, 5.74) is 3.53. The molecule has 1 aliphatic carbocycles. The number of anilines is 2. The molecule has 2 aliphatic rings. The summed E-state index contributed by atoms with van der Waals surface area (Å²) in [7, 11) is 0. The van der Waals surface area contributed by atoms with Crippen LogP contribution >= 0.6 is 0 Å². The second-order valence-electron chi connectivity index (χ2n) is 9.14. The van der Waals surface area contributed by atoms with Gasteiger partial charge in [0.05, 0.1) is 35.9 Å². The number of pyridine rings is 1. The number of hydrogen-bond acceptors (Lipinski definition) is 7. The lowest BCUT2D eigenvalue weighted by molar-refractivity contribution is 0.137. The van der Waals surface area contributed by atoms with Gasteiger partial charge in [-0.3, -0.25) is 9.58 Å². The van der Waals surface area contributed by atoms with Crippen LogP contribution in [0.4, 0.5) is 11.5 Å². The van der Waals surface area contributed by atoms with Crippen molar-refractivity contribution in [3.05, 3.63) is 59.6 Å². The largest absolute Gasteiger partial charge is 0.339 e. The van der Waals surface area contributed by atoms with E-state index in [0.29, 0.717) is 11.7 Å². The van der Waals surface area contributed by atoms with Crippen molar-refractivity contribution in [3.8, 4) is 6.07 Å². The molecule has 3 aromatic heterocycles. The second kappa shape index (κ2) is 9.67. The lowest BCUT2D eigenvalue weighted by atomic mass is 9.98. The topological polar surface area (TPSA) is 95.5 Å². The summed E-state index contributed by atoms with van der Waals surface area (Å²) in [6.07, 6.45) is 14.6. The highest BCUT2D eigenvalue weighted by atomic mass is 15.3. The molecule has 4 heterocycles. The molecule has 0 bridgehead atoms. The van der Waals surface area contributed by atoms with Gasteiger partial charge in [0.2, 0.25) is 0 Å². The highest BCUT2D eigenvalue weighted by molar-refractivity contribution is 5.55. The number of piperidine rings is 1. The zero-order chi connectivity index (χ0) is 22.6. The molecule has 1 saturated carbocycles. The van der Waals surface area contributed by atoms with Crippen LogP contribution in [-0.4, -0.2) is 36.2 Å². The minimum Gasteiger partial charge on any atom is -0.339 e. The van der Waals surface area contributed by atoms with Crippen LogP contribution in [0, 0.1) is 18.3 Å². The fourth-order valence-corrected chi connectivity index (χ4v) is 5.08. The van der Waals surface area contributed by atoms with Crippen LogP contribution < -0.4 is 5.32 Å². The summed E-state index contributed by atoms with van der Waals surface area (Å²) in [5.74, 6) is 1.50. The Morgan fingerprint density at radius 1 is 1.09 bits per heavy atom. The lowest BCUT2D eigenvalue weighted by Crippen LogP contribution is -2.33. The molecule has 1 atom stereocenters. The number of aryl methyl sites for hydroxylation is 1. The van der Waals surface area contributed by atoms with Crippen molar-refractivity contribution in [1.82, 2.24) is 29.6 Å². The van der Waals surface area contributed by atoms with Gasteiger partial charge in [0.1, 0.15) is 23.4 Å². The fraction of sp³-hybridized carbons (Fsp3) is 0.480. The lowest BCUT2D eigenvalue weighted by Gasteiger charge is -2.35. The highest BCUT2D eigenvalue weighted by Crippen LogP contribution is 2.33. The third kappa shape index (κ3) is 5.04. The van der Waals surface area contributed by atoms with E-state index < -0.39 is 0 Å². The van der Waals surface area contributed by atoms with E-state index in [1.807, 2.05) is 25.3 Å². The molecule has 0 spiro atoms. The van der Waals surface area contributed by atoms with E-state index in [-0.39, 0.29) is 6.04 Å². The Morgan fingerprint density at radius 2 is 1.94 bits per heavy atom. The van der Waals surface area contributed by atoms with Crippen LogP contribution in [0.1, 0.15) is 79.8 Å². The number of nitrogens with zero attached hydrogens (tertiary/aromatic N) is 7. The average Bonchev–Trinajstić information content (AvgIpc) is 3.52. The molecular formula is C25H30N8. The second-order valence-corrected chi connectivity index (χ2v) is 9.14. The molecule has 0 unspecified atom stereocenters. The van der Waals surface area contributed by atoms with E-state index in [1.165, 1.54) is 44.1 Å². The molecule has 170 valence electrons. The Labute approximate surface area is 194 Å². The Morgan fingerprint density at radius 3 is 2.73 bits per heavy atom. The third-order valence-corrected chi connectivity index (χ3v) is 6.70. The Bertz CT molecular complexity index is 1120. The molecule has 3 aromatic rings. The van der Waals surface area contributed by atoms with Gasteiger partial charge in [-0.15, -0.1) is 0 Å². The zero-order valence-corrected chi connectivity index (χ0v) is 19.1. The monoisotopic (exact) mass is 442 g/mol. The smallest absolute Gasteiger partial charge is 0.140 e. The van der Waals surface area contributed by atoms with Gasteiger partial charge in [0.15, 0.2) is 0 Å². The van der Waals surface area contributed by atoms with Gasteiger partial charge in [-0.25, -0.2) is 15.0 Å². The highest BCUT2D eigenvalue weighted by Gasteiger charge is 2.27. The van der Waals surface area contributed by atoms with Crippen molar-refractivity contribution in [1.29, 1.82) is 5.26 Å². The predicted octanol–water partition coefficient (Wildman–Crippen LogP) is 4.83. The van der Waals surface area contributed by atoms with Crippen LogP contribution in [0.2, 0.25) is 0 Å². The van der Waals surface area contributed by atoms with Gasteiger partial charge in [-0.2, -0.15) is 10.4 Å². The Hall–Kier alpha value is -3.31. The molecule has 0 radical (unpaired) electrons. The Kier molecular flexibility index (Phi) is 6.31. The molecule has 5 rings (SSSR count). The molecule has 1 aliphatic heterocycles. The zero-order valence-electron chi connectivity index (χ0n) is 19.1. The van der Waals surface area contributed by atoms with Crippen molar-refractivity contribution < 1.29 is 0 Å². The van der Waals surface area contributed by atoms with Crippen LogP contribution in [-0.2, 0) is 6.54 Å². The van der Waals surface area contributed by atoms with Gasteiger partial charge in [0.25, 0.3) is 0 Å².